The van der Waals surface area contributed by atoms with E-state index in [9.17, 15) is 0 Å². The van der Waals surface area contributed by atoms with Crippen LogP contribution in [0.1, 0.15) is 31.2 Å². The molecular formula is C13H17. The van der Waals surface area contributed by atoms with Crippen molar-refractivity contribution in [3.8, 4) is 0 Å². The van der Waals surface area contributed by atoms with E-state index in [1.54, 1.807) is 0 Å². The van der Waals surface area contributed by atoms with E-state index in [4.69, 9.17) is 0 Å². The minimum atomic E-state index is 0.937. The Kier molecular flexibility index (Phi) is 3.02. The summed E-state index contributed by atoms with van der Waals surface area (Å²) in [5.41, 5.74) is 1.51. The summed E-state index contributed by atoms with van der Waals surface area (Å²) in [7, 11) is 0. The first-order valence-electron chi connectivity index (χ1n) is 5.31. The van der Waals surface area contributed by atoms with Crippen molar-refractivity contribution in [2.24, 2.45) is 5.92 Å². The van der Waals surface area contributed by atoms with Crippen LogP contribution in [0.3, 0.4) is 0 Å². The van der Waals surface area contributed by atoms with E-state index < -0.39 is 0 Å². The zero-order valence-electron chi connectivity index (χ0n) is 8.08. The molecular weight excluding hydrogens is 156 g/mol. The Morgan fingerprint density at radius 3 is 2.38 bits per heavy atom. The molecule has 0 unspecified atom stereocenters. The molecule has 0 nitrogen and oxygen atoms in total. The van der Waals surface area contributed by atoms with Crippen LogP contribution in [0.25, 0.3) is 0 Å². The van der Waals surface area contributed by atoms with E-state index in [0.29, 0.717) is 0 Å². The maximum absolute atomic E-state index is 2.43. The Bertz CT molecular complexity index is 231. The van der Waals surface area contributed by atoms with Crippen LogP contribution in [0.15, 0.2) is 30.3 Å². The lowest BCUT2D eigenvalue weighted by Gasteiger charge is -2.21. The molecule has 1 aliphatic carbocycles. The molecule has 1 aromatic carbocycles. The summed E-state index contributed by atoms with van der Waals surface area (Å²) < 4.78 is 0. The maximum Gasteiger partial charge on any atom is -0.0250 e. The van der Waals surface area contributed by atoms with Gasteiger partial charge in [0.05, 0.1) is 0 Å². The van der Waals surface area contributed by atoms with Gasteiger partial charge in [-0.1, -0.05) is 30.3 Å². The standard InChI is InChI=1S/C13H17/c1-3-7-12(8-4-1)11-13-9-5-2-6-10-13/h1-4,7-8,13H,5-6,9-11H2. The van der Waals surface area contributed by atoms with Gasteiger partial charge in [0.1, 0.15) is 0 Å². The molecule has 13 heavy (non-hydrogen) atoms. The van der Waals surface area contributed by atoms with Gasteiger partial charge in [-0.15, -0.1) is 0 Å². The highest BCUT2D eigenvalue weighted by molar-refractivity contribution is 5.15. The molecule has 1 aromatic rings. The van der Waals surface area contributed by atoms with E-state index in [-0.39, 0.29) is 0 Å². The number of rotatable bonds is 2. The summed E-state index contributed by atoms with van der Waals surface area (Å²) in [5.74, 6) is 0.937. The van der Waals surface area contributed by atoms with Crippen molar-refractivity contribution in [3.05, 3.63) is 42.3 Å². The fraction of sp³-hybridized carbons (Fsp3) is 0.462. The minimum absolute atomic E-state index is 0.937. The fourth-order valence-electron chi connectivity index (χ4n) is 2.15. The average Bonchev–Trinajstić information content (AvgIpc) is 2.21. The highest BCUT2D eigenvalue weighted by atomic mass is 14.2. The molecule has 1 aliphatic rings. The van der Waals surface area contributed by atoms with Gasteiger partial charge in [-0.2, -0.15) is 0 Å². The van der Waals surface area contributed by atoms with Crippen LogP contribution in [0, 0.1) is 12.3 Å². The molecule has 0 atom stereocenters. The maximum atomic E-state index is 2.43. The Morgan fingerprint density at radius 2 is 1.69 bits per heavy atom. The van der Waals surface area contributed by atoms with Gasteiger partial charge < -0.3 is 0 Å². The van der Waals surface area contributed by atoms with Crippen molar-refractivity contribution >= 4 is 0 Å². The van der Waals surface area contributed by atoms with Crippen molar-refractivity contribution in [2.75, 3.05) is 0 Å². The van der Waals surface area contributed by atoms with Crippen molar-refractivity contribution < 1.29 is 0 Å². The highest BCUT2D eigenvalue weighted by Crippen LogP contribution is 2.25. The topological polar surface area (TPSA) is 0 Å². The molecule has 0 saturated heterocycles. The minimum Gasteiger partial charge on any atom is -0.0622 e. The van der Waals surface area contributed by atoms with Crippen LogP contribution in [0.2, 0.25) is 0 Å². The molecule has 1 radical (unpaired) electrons. The molecule has 0 heteroatoms. The zero-order chi connectivity index (χ0) is 8.93. The lowest BCUT2D eigenvalue weighted by atomic mass is 9.85. The largest absolute Gasteiger partial charge is 0.0622 e. The van der Waals surface area contributed by atoms with Crippen LogP contribution >= 0.6 is 0 Å². The van der Waals surface area contributed by atoms with E-state index in [0.717, 1.165) is 5.92 Å². The van der Waals surface area contributed by atoms with E-state index >= 15 is 0 Å². The summed E-state index contributed by atoms with van der Waals surface area (Å²) >= 11 is 0. The van der Waals surface area contributed by atoms with Gasteiger partial charge in [-0.05, 0) is 50.0 Å². The van der Waals surface area contributed by atoms with Crippen molar-refractivity contribution in [3.63, 3.8) is 0 Å². The Labute approximate surface area is 81.0 Å². The van der Waals surface area contributed by atoms with Gasteiger partial charge in [-0.3, -0.25) is 0 Å². The molecule has 1 saturated carbocycles. The van der Waals surface area contributed by atoms with Gasteiger partial charge in [0.25, 0.3) is 0 Å². The SMILES string of the molecule is [CH]1CCC(Cc2ccccc2)CC1. The first-order chi connectivity index (χ1) is 6.45. The quantitative estimate of drug-likeness (QED) is 0.640. The first-order valence-corrected chi connectivity index (χ1v) is 5.31. The molecule has 0 bridgehead atoms. The fourth-order valence-corrected chi connectivity index (χ4v) is 2.15. The van der Waals surface area contributed by atoms with Crippen LogP contribution in [-0.2, 0) is 6.42 Å². The van der Waals surface area contributed by atoms with Gasteiger partial charge in [-0.25, -0.2) is 0 Å². The molecule has 2 rings (SSSR count). The second kappa shape index (κ2) is 4.45. The second-order valence-electron chi connectivity index (χ2n) is 4.00. The summed E-state index contributed by atoms with van der Waals surface area (Å²) in [5, 5.41) is 0. The third-order valence-electron chi connectivity index (χ3n) is 2.93. The zero-order valence-corrected chi connectivity index (χ0v) is 8.08. The molecule has 1 fully saturated rings. The smallest absolute Gasteiger partial charge is 0.0250 e. The van der Waals surface area contributed by atoms with Gasteiger partial charge in [0.15, 0.2) is 0 Å². The van der Waals surface area contributed by atoms with Crippen LogP contribution < -0.4 is 0 Å². The monoisotopic (exact) mass is 173 g/mol. The molecule has 0 spiro atoms. The molecule has 0 heterocycles. The molecule has 0 aliphatic heterocycles. The number of hydrogen-bond acceptors (Lipinski definition) is 0. The summed E-state index contributed by atoms with van der Waals surface area (Å²) in [4.78, 5) is 0. The predicted octanol–water partition coefficient (Wildman–Crippen LogP) is 3.62. The predicted molar refractivity (Wildman–Crippen MR) is 56.4 cm³/mol. The summed E-state index contributed by atoms with van der Waals surface area (Å²) in [6.07, 6.45) is 9.18. The van der Waals surface area contributed by atoms with Gasteiger partial charge in [0, 0.05) is 0 Å². The molecule has 0 N–H and O–H groups in total. The third kappa shape index (κ3) is 2.58. The van der Waals surface area contributed by atoms with Crippen molar-refractivity contribution in [2.45, 2.75) is 32.1 Å². The summed E-state index contributed by atoms with van der Waals surface area (Å²) in [6, 6.07) is 10.9. The summed E-state index contributed by atoms with van der Waals surface area (Å²) in [6.45, 7) is 0. The van der Waals surface area contributed by atoms with Crippen LogP contribution in [0.5, 0.6) is 0 Å². The van der Waals surface area contributed by atoms with Gasteiger partial charge >= 0.3 is 0 Å². The van der Waals surface area contributed by atoms with Crippen LogP contribution in [0.4, 0.5) is 0 Å². The van der Waals surface area contributed by atoms with E-state index in [1.165, 1.54) is 37.7 Å². The third-order valence-corrected chi connectivity index (χ3v) is 2.93. The van der Waals surface area contributed by atoms with E-state index in [1.807, 2.05) is 0 Å². The highest BCUT2D eigenvalue weighted by Gasteiger charge is 2.13. The van der Waals surface area contributed by atoms with Crippen molar-refractivity contribution in [1.82, 2.24) is 0 Å². The van der Waals surface area contributed by atoms with Crippen molar-refractivity contribution in [1.29, 1.82) is 0 Å². The Morgan fingerprint density at radius 1 is 1.00 bits per heavy atom. The lowest BCUT2D eigenvalue weighted by molar-refractivity contribution is 0.403. The number of benzene rings is 1. The first kappa shape index (κ1) is 8.80. The molecule has 0 aromatic heterocycles. The lowest BCUT2D eigenvalue weighted by Crippen LogP contribution is -2.09. The Balaban J connectivity index is 1.90. The van der Waals surface area contributed by atoms with E-state index in [2.05, 4.69) is 36.8 Å². The second-order valence-corrected chi connectivity index (χ2v) is 4.00. The number of hydrogen-bond donors (Lipinski definition) is 0. The van der Waals surface area contributed by atoms with Crippen LogP contribution in [-0.4, -0.2) is 0 Å². The average molecular weight is 173 g/mol. The molecule has 0 amide bonds. The molecule has 69 valence electrons. The Hall–Kier alpha value is -0.780. The van der Waals surface area contributed by atoms with Gasteiger partial charge in [0.2, 0.25) is 0 Å². The normalized spacial score (nSPS) is 18.8.